The predicted octanol–water partition coefficient (Wildman–Crippen LogP) is 3.02. The summed E-state index contributed by atoms with van der Waals surface area (Å²) >= 11 is 0. The number of sulfonamides is 1. The second kappa shape index (κ2) is 8.11. The highest BCUT2D eigenvalue weighted by molar-refractivity contribution is 7.92. The highest BCUT2D eigenvalue weighted by atomic mass is 32.2. The molecule has 0 aliphatic carbocycles. The molecule has 0 saturated heterocycles. The van der Waals surface area contributed by atoms with E-state index in [1.807, 2.05) is 30.3 Å². The molecule has 156 valence electrons. The zero-order valence-corrected chi connectivity index (χ0v) is 17.5. The van der Waals surface area contributed by atoms with Gasteiger partial charge in [0.2, 0.25) is 10.0 Å². The Bertz CT molecular complexity index is 1460. The lowest BCUT2D eigenvalue weighted by Gasteiger charge is -2.11. The topological polar surface area (TPSA) is 125 Å². The van der Waals surface area contributed by atoms with Crippen molar-refractivity contribution < 1.29 is 8.42 Å². The molecule has 0 bridgehead atoms. The van der Waals surface area contributed by atoms with Crippen molar-refractivity contribution in [2.45, 2.75) is 6.42 Å². The van der Waals surface area contributed by atoms with E-state index in [4.69, 9.17) is 10.8 Å². The number of nitrogens with one attached hydrogen (secondary N) is 3. The van der Waals surface area contributed by atoms with Gasteiger partial charge in [-0.2, -0.15) is 5.10 Å². The predicted molar refractivity (Wildman–Crippen MR) is 121 cm³/mol. The number of nitrogens with zero attached hydrogens (tertiary/aromatic N) is 3. The summed E-state index contributed by atoms with van der Waals surface area (Å²) in [5, 5.41) is 22.1. The van der Waals surface area contributed by atoms with Gasteiger partial charge in [0.25, 0.3) is 0 Å². The molecule has 0 amide bonds. The summed E-state index contributed by atoms with van der Waals surface area (Å²) in [6.07, 6.45) is 3.13. The fourth-order valence-electron chi connectivity index (χ4n) is 3.24. The van der Waals surface area contributed by atoms with Gasteiger partial charge < -0.3 is 0 Å². The number of pyridine rings is 1. The van der Waals surface area contributed by atoms with Gasteiger partial charge in [-0.3, -0.25) is 20.5 Å². The fourth-order valence-corrected chi connectivity index (χ4v) is 3.80. The molecular formula is C22H20N6O2S. The van der Waals surface area contributed by atoms with E-state index in [0.29, 0.717) is 23.4 Å². The minimum absolute atomic E-state index is 0.0848. The van der Waals surface area contributed by atoms with Gasteiger partial charge >= 0.3 is 0 Å². The molecule has 0 atom stereocenters. The van der Waals surface area contributed by atoms with E-state index in [0.717, 1.165) is 22.7 Å². The van der Waals surface area contributed by atoms with Crippen molar-refractivity contribution in [1.82, 2.24) is 14.8 Å². The molecule has 2 aromatic carbocycles. The summed E-state index contributed by atoms with van der Waals surface area (Å²) in [7, 11) is -3.40. The van der Waals surface area contributed by atoms with Gasteiger partial charge in [0, 0.05) is 29.3 Å². The van der Waals surface area contributed by atoms with E-state index < -0.39 is 10.0 Å². The van der Waals surface area contributed by atoms with E-state index in [1.54, 1.807) is 42.6 Å². The molecule has 9 heteroatoms. The van der Waals surface area contributed by atoms with E-state index in [2.05, 4.69) is 14.8 Å². The van der Waals surface area contributed by atoms with Gasteiger partial charge in [-0.05, 0) is 48.0 Å². The van der Waals surface area contributed by atoms with Gasteiger partial charge in [0.05, 0.1) is 17.5 Å². The average Bonchev–Trinajstić information content (AvgIpc) is 2.73. The summed E-state index contributed by atoms with van der Waals surface area (Å²) in [5.41, 5.74) is 3.51. The van der Waals surface area contributed by atoms with Crippen LogP contribution in [0, 0.1) is 10.8 Å². The first-order chi connectivity index (χ1) is 14.8. The number of hydrogen-bond donors (Lipinski definition) is 3. The van der Waals surface area contributed by atoms with Crippen LogP contribution < -0.4 is 10.2 Å². The molecule has 0 saturated carbocycles. The van der Waals surface area contributed by atoms with Crippen LogP contribution >= 0.6 is 0 Å². The van der Waals surface area contributed by atoms with Gasteiger partial charge in [0.15, 0.2) is 0 Å². The highest BCUT2D eigenvalue weighted by Crippen LogP contribution is 2.21. The van der Waals surface area contributed by atoms with Crippen molar-refractivity contribution in [3.8, 4) is 11.3 Å². The van der Waals surface area contributed by atoms with Crippen molar-refractivity contribution in [1.29, 1.82) is 10.8 Å². The largest absolute Gasteiger partial charge is 0.286 e. The number of aromatic nitrogens is 3. The highest BCUT2D eigenvalue weighted by Gasteiger charge is 2.09. The third-order valence-electron chi connectivity index (χ3n) is 4.59. The number of hydrogen-bond acceptors (Lipinski definition) is 6. The van der Waals surface area contributed by atoms with Gasteiger partial charge in [0.1, 0.15) is 11.3 Å². The normalized spacial score (nSPS) is 11.4. The second-order valence-corrected chi connectivity index (χ2v) is 8.87. The summed E-state index contributed by atoms with van der Waals surface area (Å²) in [5.74, 6) is 0.153. The Labute approximate surface area is 179 Å². The van der Waals surface area contributed by atoms with Crippen LogP contribution in [0.5, 0.6) is 0 Å². The first-order valence-electron chi connectivity index (χ1n) is 9.43. The summed E-state index contributed by atoms with van der Waals surface area (Å²) in [6.45, 7) is 0. The molecule has 2 aromatic heterocycles. The maximum absolute atomic E-state index is 11.5. The Morgan fingerprint density at radius 1 is 1.06 bits per heavy atom. The minimum atomic E-state index is -3.40. The zero-order valence-electron chi connectivity index (χ0n) is 16.7. The number of rotatable bonds is 5. The van der Waals surface area contributed by atoms with Crippen molar-refractivity contribution in [2.24, 2.45) is 0 Å². The molecule has 0 fully saturated rings. The fraction of sp³-hybridized carbons (Fsp3) is 0.0909. The summed E-state index contributed by atoms with van der Waals surface area (Å²) in [4.78, 5) is 4.30. The number of benzene rings is 2. The van der Waals surface area contributed by atoms with Crippen LogP contribution in [0.2, 0.25) is 0 Å². The maximum Gasteiger partial charge on any atom is 0.229 e. The Morgan fingerprint density at radius 3 is 2.71 bits per heavy atom. The molecule has 0 radical (unpaired) electrons. The minimum Gasteiger partial charge on any atom is -0.286 e. The van der Waals surface area contributed by atoms with Crippen LogP contribution in [0.4, 0.5) is 5.69 Å². The van der Waals surface area contributed by atoms with Crippen LogP contribution in [0.3, 0.4) is 0 Å². The van der Waals surface area contributed by atoms with E-state index in [1.165, 1.54) is 4.68 Å². The Balaban J connectivity index is 1.63. The zero-order chi connectivity index (χ0) is 22.0. The van der Waals surface area contributed by atoms with Gasteiger partial charge in [-0.15, -0.1) is 0 Å². The molecule has 4 rings (SSSR count). The van der Waals surface area contributed by atoms with Crippen molar-refractivity contribution in [3.63, 3.8) is 0 Å². The van der Waals surface area contributed by atoms with Gasteiger partial charge in [-0.1, -0.05) is 24.3 Å². The van der Waals surface area contributed by atoms with Gasteiger partial charge in [-0.25, -0.2) is 13.1 Å². The molecule has 3 N–H and O–H groups in total. The lowest BCUT2D eigenvalue weighted by atomic mass is 10.1. The van der Waals surface area contributed by atoms with E-state index in [9.17, 15) is 8.42 Å². The van der Waals surface area contributed by atoms with Crippen LogP contribution in [-0.2, 0) is 16.4 Å². The van der Waals surface area contributed by atoms with Crippen molar-refractivity contribution in [2.75, 3.05) is 11.0 Å². The quantitative estimate of drug-likeness (QED) is 0.331. The summed E-state index contributed by atoms with van der Waals surface area (Å²) in [6, 6.07) is 19.7. The van der Waals surface area contributed by atoms with E-state index >= 15 is 0 Å². The van der Waals surface area contributed by atoms with Crippen molar-refractivity contribution in [3.05, 3.63) is 84.0 Å². The van der Waals surface area contributed by atoms with Crippen LogP contribution in [-0.4, -0.2) is 35.3 Å². The molecule has 4 aromatic rings. The standard InChI is InChI=1S/C22H20N6O2S/c1-31(29,30)27-18-6-2-4-17(14-18)20-9-10-21(23)28(26-20)22(24)13-15-7-8-19-16(12-15)5-3-11-25-19/h2-12,14,23-24,27H,13H2,1H3. The maximum atomic E-state index is 11.5. The van der Waals surface area contributed by atoms with Crippen LogP contribution in [0.15, 0.2) is 72.9 Å². The molecule has 2 heterocycles. The Morgan fingerprint density at radius 2 is 1.90 bits per heavy atom. The smallest absolute Gasteiger partial charge is 0.229 e. The molecule has 0 aliphatic heterocycles. The van der Waals surface area contributed by atoms with Crippen LogP contribution in [0.1, 0.15) is 5.56 Å². The number of anilines is 1. The lowest BCUT2D eigenvalue weighted by molar-refractivity contribution is 0.607. The monoisotopic (exact) mass is 432 g/mol. The Hall–Kier alpha value is -3.85. The average molecular weight is 433 g/mol. The van der Waals surface area contributed by atoms with E-state index in [-0.39, 0.29) is 11.3 Å². The molecule has 31 heavy (non-hydrogen) atoms. The third-order valence-corrected chi connectivity index (χ3v) is 5.20. The summed E-state index contributed by atoms with van der Waals surface area (Å²) < 4.78 is 26.7. The first kappa shape index (κ1) is 20.4. The molecular weight excluding hydrogens is 412 g/mol. The second-order valence-electron chi connectivity index (χ2n) is 7.12. The first-order valence-corrected chi connectivity index (χ1v) is 11.3. The molecule has 8 nitrogen and oxygen atoms in total. The SMILES string of the molecule is CS(=O)(=O)Nc1cccc(-c2ccc(=N)n(C(=N)Cc3ccc4ncccc4c3)n2)c1. The third kappa shape index (κ3) is 4.84. The lowest BCUT2D eigenvalue weighted by Crippen LogP contribution is -2.30. The number of fused-ring (bicyclic) bond motifs is 1. The molecule has 0 unspecified atom stereocenters. The molecule has 0 spiro atoms. The van der Waals surface area contributed by atoms with Crippen LogP contribution in [0.25, 0.3) is 22.2 Å². The Kier molecular flexibility index (Phi) is 5.35. The molecule has 0 aliphatic rings. The van der Waals surface area contributed by atoms with Crippen molar-refractivity contribution >= 4 is 32.4 Å².